The Hall–Kier alpha value is -1.43. The molecular weight excluding hydrogens is 164 g/mol. The number of aliphatic imine (C=N–C) groups is 1. The summed E-state index contributed by atoms with van der Waals surface area (Å²) < 4.78 is 0. The minimum absolute atomic E-state index is 0.0116. The third kappa shape index (κ3) is 1.10. The lowest BCUT2D eigenvalue weighted by Gasteiger charge is -2.15. The first kappa shape index (κ1) is 8.18. The Balaban J connectivity index is 2.48. The highest BCUT2D eigenvalue weighted by atomic mass is 16.1. The van der Waals surface area contributed by atoms with Crippen LogP contribution >= 0.6 is 0 Å². The fourth-order valence-electron chi connectivity index (χ4n) is 2.00. The number of hydrogen-bond donors (Lipinski definition) is 0. The fourth-order valence-corrected chi connectivity index (χ4v) is 2.00. The van der Waals surface area contributed by atoms with E-state index in [1.165, 1.54) is 0 Å². The van der Waals surface area contributed by atoms with Gasteiger partial charge in [-0.05, 0) is 26.2 Å². The molecule has 0 aromatic rings. The zero-order valence-electron chi connectivity index (χ0n) is 7.50. The first-order valence-corrected chi connectivity index (χ1v) is 4.46. The predicted octanol–water partition coefficient (Wildman–Crippen LogP) is 1.61. The number of fused-ring (bicyclic) bond motifs is 1. The summed E-state index contributed by atoms with van der Waals surface area (Å²) in [6.45, 7) is 1.73. The van der Waals surface area contributed by atoms with E-state index in [-0.39, 0.29) is 17.3 Å². The van der Waals surface area contributed by atoms with Crippen LogP contribution in [0.1, 0.15) is 26.2 Å². The molecule has 1 unspecified atom stereocenters. The van der Waals surface area contributed by atoms with Gasteiger partial charge in [-0.25, -0.2) is 0 Å². The summed E-state index contributed by atoms with van der Waals surface area (Å²) in [5.74, 6) is -0.0825. The highest BCUT2D eigenvalue weighted by molar-refractivity contribution is 6.17. The molecule has 0 spiro atoms. The van der Waals surface area contributed by atoms with Crippen LogP contribution in [0.4, 0.5) is 0 Å². The Morgan fingerprint density at radius 3 is 3.08 bits per heavy atom. The molecular formula is C10H10N2O. The average Bonchev–Trinajstić information content (AvgIpc) is 2.53. The van der Waals surface area contributed by atoms with Crippen molar-refractivity contribution < 1.29 is 4.79 Å². The quantitative estimate of drug-likeness (QED) is 0.560. The van der Waals surface area contributed by atoms with Crippen LogP contribution in [0, 0.1) is 17.2 Å². The van der Waals surface area contributed by atoms with Gasteiger partial charge >= 0.3 is 0 Å². The average molecular weight is 174 g/mol. The smallest absolute Gasteiger partial charge is 0.183 e. The van der Waals surface area contributed by atoms with Crippen LogP contribution in [0.2, 0.25) is 0 Å². The molecule has 1 heterocycles. The van der Waals surface area contributed by atoms with Gasteiger partial charge in [0.2, 0.25) is 0 Å². The fraction of sp³-hybridized carbons (Fsp3) is 0.500. The Kier molecular flexibility index (Phi) is 1.77. The van der Waals surface area contributed by atoms with Gasteiger partial charge in [-0.15, -0.1) is 0 Å². The number of carbonyl (C=O) groups is 1. The summed E-state index contributed by atoms with van der Waals surface area (Å²) >= 11 is 0. The zero-order valence-corrected chi connectivity index (χ0v) is 7.50. The van der Waals surface area contributed by atoms with Crippen LogP contribution in [-0.4, -0.2) is 11.5 Å². The van der Waals surface area contributed by atoms with Gasteiger partial charge in [-0.1, -0.05) is 0 Å². The van der Waals surface area contributed by atoms with E-state index >= 15 is 0 Å². The summed E-state index contributed by atoms with van der Waals surface area (Å²) in [7, 11) is 0. The number of Topliss-reactive ketones (excluding diaryl/α,β-unsaturated/α-hetero) is 1. The van der Waals surface area contributed by atoms with Gasteiger partial charge in [0.15, 0.2) is 5.78 Å². The number of hydrogen-bond acceptors (Lipinski definition) is 3. The largest absolute Gasteiger partial charge is 0.293 e. The number of nitrogens with zero attached hydrogens (tertiary/aromatic N) is 2. The van der Waals surface area contributed by atoms with Crippen molar-refractivity contribution in [1.82, 2.24) is 0 Å². The van der Waals surface area contributed by atoms with E-state index in [1.807, 2.05) is 6.07 Å². The van der Waals surface area contributed by atoms with E-state index in [9.17, 15) is 4.79 Å². The Morgan fingerprint density at radius 2 is 2.38 bits per heavy atom. The number of rotatable bonds is 0. The summed E-state index contributed by atoms with van der Waals surface area (Å²) in [4.78, 5) is 16.0. The lowest BCUT2D eigenvalue weighted by molar-refractivity contribution is -0.117. The second kappa shape index (κ2) is 2.81. The third-order valence-electron chi connectivity index (χ3n) is 2.68. The molecule has 0 N–H and O–H groups in total. The Bertz CT molecular complexity index is 371. The van der Waals surface area contributed by atoms with Crippen molar-refractivity contribution in [2.24, 2.45) is 10.9 Å². The summed E-state index contributed by atoms with van der Waals surface area (Å²) in [5, 5.41) is 8.75. The molecule has 0 saturated heterocycles. The topological polar surface area (TPSA) is 53.2 Å². The van der Waals surface area contributed by atoms with Crippen LogP contribution in [0.25, 0.3) is 0 Å². The standard InChI is InChI=1S/C10H10N2O/c1-6-8(5-11)10(13)7-3-2-4-9(7)12-6/h7H,2-4H2,1H3. The molecule has 0 radical (unpaired) electrons. The summed E-state index contributed by atoms with van der Waals surface area (Å²) in [5.41, 5.74) is 1.85. The Morgan fingerprint density at radius 1 is 1.62 bits per heavy atom. The van der Waals surface area contributed by atoms with Gasteiger partial charge in [-0.3, -0.25) is 9.79 Å². The first-order chi connectivity index (χ1) is 6.24. The second-order valence-electron chi connectivity index (χ2n) is 3.48. The van der Waals surface area contributed by atoms with Crippen molar-refractivity contribution in [3.05, 3.63) is 11.3 Å². The molecule has 2 rings (SSSR count). The maximum atomic E-state index is 11.7. The third-order valence-corrected chi connectivity index (χ3v) is 2.68. The number of allylic oxidation sites excluding steroid dienone is 2. The molecule has 1 aliphatic carbocycles. The van der Waals surface area contributed by atoms with Crippen LogP contribution in [0.15, 0.2) is 16.3 Å². The minimum atomic E-state index is -0.0710. The van der Waals surface area contributed by atoms with Gasteiger partial charge in [-0.2, -0.15) is 5.26 Å². The van der Waals surface area contributed by atoms with E-state index < -0.39 is 0 Å². The molecule has 0 aromatic carbocycles. The number of ketones is 1. The van der Waals surface area contributed by atoms with Crippen molar-refractivity contribution in [2.45, 2.75) is 26.2 Å². The van der Waals surface area contributed by atoms with E-state index in [1.54, 1.807) is 6.92 Å². The summed E-state index contributed by atoms with van der Waals surface area (Å²) in [6, 6.07) is 1.94. The molecule has 0 aromatic heterocycles. The van der Waals surface area contributed by atoms with Crippen molar-refractivity contribution in [1.29, 1.82) is 5.26 Å². The normalized spacial score (nSPS) is 26.9. The molecule has 0 amide bonds. The van der Waals surface area contributed by atoms with Crippen molar-refractivity contribution in [3.8, 4) is 6.07 Å². The molecule has 1 saturated carbocycles. The highest BCUT2D eigenvalue weighted by Crippen LogP contribution is 2.31. The van der Waals surface area contributed by atoms with Crippen LogP contribution in [0.5, 0.6) is 0 Å². The number of nitriles is 1. The van der Waals surface area contributed by atoms with E-state index in [0.29, 0.717) is 5.70 Å². The van der Waals surface area contributed by atoms with E-state index in [2.05, 4.69) is 4.99 Å². The highest BCUT2D eigenvalue weighted by Gasteiger charge is 2.35. The summed E-state index contributed by atoms with van der Waals surface area (Å²) in [6.07, 6.45) is 2.82. The predicted molar refractivity (Wildman–Crippen MR) is 48.1 cm³/mol. The lowest BCUT2D eigenvalue weighted by atomic mass is 9.92. The monoisotopic (exact) mass is 174 g/mol. The molecule has 1 aliphatic heterocycles. The molecule has 1 fully saturated rings. The molecule has 1 atom stereocenters. The molecule has 66 valence electrons. The molecule has 13 heavy (non-hydrogen) atoms. The van der Waals surface area contributed by atoms with Gasteiger partial charge in [0.25, 0.3) is 0 Å². The van der Waals surface area contributed by atoms with Crippen molar-refractivity contribution >= 4 is 11.5 Å². The van der Waals surface area contributed by atoms with E-state index in [0.717, 1.165) is 25.0 Å². The van der Waals surface area contributed by atoms with Gasteiger partial charge < -0.3 is 0 Å². The molecule has 0 bridgehead atoms. The second-order valence-corrected chi connectivity index (χ2v) is 3.48. The SMILES string of the molecule is CC1=C(C#N)C(=O)C2CCCC2=N1. The van der Waals surface area contributed by atoms with Crippen LogP contribution in [0.3, 0.4) is 0 Å². The van der Waals surface area contributed by atoms with E-state index in [4.69, 9.17) is 5.26 Å². The minimum Gasteiger partial charge on any atom is -0.293 e. The molecule has 3 heteroatoms. The van der Waals surface area contributed by atoms with Crippen molar-refractivity contribution in [3.63, 3.8) is 0 Å². The zero-order chi connectivity index (χ0) is 9.42. The van der Waals surface area contributed by atoms with Gasteiger partial charge in [0, 0.05) is 5.71 Å². The van der Waals surface area contributed by atoms with Crippen molar-refractivity contribution in [2.75, 3.05) is 0 Å². The lowest BCUT2D eigenvalue weighted by Crippen LogP contribution is -2.24. The van der Waals surface area contributed by atoms with Crippen LogP contribution in [-0.2, 0) is 4.79 Å². The first-order valence-electron chi connectivity index (χ1n) is 4.46. The van der Waals surface area contributed by atoms with Crippen LogP contribution < -0.4 is 0 Å². The maximum Gasteiger partial charge on any atom is 0.183 e. The number of carbonyl (C=O) groups excluding carboxylic acids is 1. The van der Waals surface area contributed by atoms with Gasteiger partial charge in [0.1, 0.15) is 11.6 Å². The molecule has 3 nitrogen and oxygen atoms in total. The Labute approximate surface area is 76.8 Å². The van der Waals surface area contributed by atoms with Gasteiger partial charge in [0.05, 0.1) is 11.6 Å². The maximum absolute atomic E-state index is 11.7. The molecule has 2 aliphatic rings.